The fourth-order valence-electron chi connectivity index (χ4n) is 3.73. The van der Waals surface area contributed by atoms with Gasteiger partial charge >= 0.3 is 0 Å². The van der Waals surface area contributed by atoms with Crippen molar-refractivity contribution in [3.05, 3.63) is 83.9 Å². The van der Waals surface area contributed by atoms with Crippen molar-refractivity contribution < 1.29 is 0 Å². The number of nitrogens with two attached hydrogens (primary N) is 1. The Morgan fingerprint density at radius 3 is 2.44 bits per heavy atom. The first kappa shape index (κ1) is 15.5. The second kappa shape index (κ2) is 5.81. The van der Waals surface area contributed by atoms with E-state index in [4.69, 9.17) is 10.7 Å². The molecular weight excluding hydrogens is 308 g/mol. The van der Waals surface area contributed by atoms with Gasteiger partial charge in [-0.1, -0.05) is 56.3 Å². The molecule has 4 nitrogen and oxygen atoms in total. The topological polar surface area (TPSA) is 64.2 Å². The first-order valence-electron chi connectivity index (χ1n) is 8.44. The molecule has 1 aliphatic heterocycles. The fourth-order valence-corrected chi connectivity index (χ4v) is 3.73. The van der Waals surface area contributed by atoms with E-state index < -0.39 is 5.54 Å². The maximum absolute atomic E-state index is 6.28. The van der Waals surface area contributed by atoms with Crippen molar-refractivity contribution in [3.63, 3.8) is 0 Å². The Kier molecular flexibility index (Phi) is 3.61. The highest BCUT2D eigenvalue weighted by Gasteiger charge is 2.43. The highest BCUT2D eigenvalue weighted by Crippen LogP contribution is 2.46. The summed E-state index contributed by atoms with van der Waals surface area (Å²) in [5.74, 6) is 0.870. The molecule has 1 aromatic heterocycles. The SMILES string of the molecule is CC(C)C1(c2cccc(-c3cncnc3)c2)N=C(N)c2ccccc21. The minimum atomic E-state index is -0.466. The summed E-state index contributed by atoms with van der Waals surface area (Å²) in [7, 11) is 0. The summed E-state index contributed by atoms with van der Waals surface area (Å²) < 4.78 is 0. The lowest BCUT2D eigenvalue weighted by atomic mass is 9.74. The number of amidine groups is 1. The van der Waals surface area contributed by atoms with Crippen LogP contribution in [0.15, 0.2) is 72.2 Å². The zero-order valence-electron chi connectivity index (χ0n) is 14.3. The molecule has 0 fully saturated rings. The Balaban J connectivity index is 1.93. The van der Waals surface area contributed by atoms with E-state index in [0.717, 1.165) is 22.3 Å². The van der Waals surface area contributed by atoms with Crippen LogP contribution in [-0.2, 0) is 5.54 Å². The average molecular weight is 328 g/mol. The number of aliphatic imine (C=N–C) groups is 1. The van der Waals surface area contributed by atoms with E-state index in [1.165, 1.54) is 5.56 Å². The summed E-state index contributed by atoms with van der Waals surface area (Å²) >= 11 is 0. The molecule has 0 aliphatic carbocycles. The smallest absolute Gasteiger partial charge is 0.127 e. The first-order chi connectivity index (χ1) is 12.1. The lowest BCUT2D eigenvalue weighted by Crippen LogP contribution is -2.30. The third-order valence-corrected chi connectivity index (χ3v) is 4.94. The van der Waals surface area contributed by atoms with Crippen LogP contribution in [0.3, 0.4) is 0 Å². The van der Waals surface area contributed by atoms with Gasteiger partial charge in [-0.3, -0.25) is 4.99 Å². The van der Waals surface area contributed by atoms with E-state index in [1.54, 1.807) is 6.33 Å². The van der Waals surface area contributed by atoms with E-state index >= 15 is 0 Å². The lowest BCUT2D eigenvalue weighted by molar-refractivity contribution is 0.394. The van der Waals surface area contributed by atoms with Gasteiger partial charge < -0.3 is 5.73 Å². The van der Waals surface area contributed by atoms with Crippen molar-refractivity contribution >= 4 is 5.84 Å². The predicted octanol–water partition coefficient (Wildman–Crippen LogP) is 3.76. The summed E-state index contributed by atoms with van der Waals surface area (Å²) in [5.41, 5.74) is 11.2. The largest absolute Gasteiger partial charge is 0.383 e. The van der Waals surface area contributed by atoms with E-state index in [1.807, 2.05) is 24.5 Å². The Bertz CT molecular complexity index is 947. The third kappa shape index (κ3) is 2.33. The van der Waals surface area contributed by atoms with Crippen molar-refractivity contribution in [2.75, 3.05) is 0 Å². The van der Waals surface area contributed by atoms with Gasteiger partial charge in [-0.05, 0) is 28.7 Å². The summed E-state index contributed by atoms with van der Waals surface area (Å²) in [6, 6.07) is 16.7. The van der Waals surface area contributed by atoms with Crippen molar-refractivity contribution in [1.82, 2.24) is 9.97 Å². The van der Waals surface area contributed by atoms with Crippen molar-refractivity contribution in [1.29, 1.82) is 0 Å². The van der Waals surface area contributed by atoms with Gasteiger partial charge in [0.15, 0.2) is 0 Å². The lowest BCUT2D eigenvalue weighted by Gasteiger charge is -2.33. The molecule has 0 spiro atoms. The number of hydrogen-bond donors (Lipinski definition) is 1. The zero-order valence-corrected chi connectivity index (χ0v) is 14.3. The Morgan fingerprint density at radius 2 is 1.68 bits per heavy atom. The monoisotopic (exact) mass is 328 g/mol. The molecule has 0 radical (unpaired) electrons. The van der Waals surface area contributed by atoms with Gasteiger partial charge in [0.25, 0.3) is 0 Å². The van der Waals surface area contributed by atoms with Crippen molar-refractivity contribution in [2.24, 2.45) is 16.6 Å². The summed E-state index contributed by atoms with van der Waals surface area (Å²) in [4.78, 5) is 13.2. The molecule has 1 unspecified atom stereocenters. The van der Waals surface area contributed by atoms with Crippen LogP contribution in [0.4, 0.5) is 0 Å². The Hall–Kier alpha value is -3.01. The number of aromatic nitrogens is 2. The van der Waals surface area contributed by atoms with Gasteiger partial charge in [0, 0.05) is 23.5 Å². The van der Waals surface area contributed by atoms with Gasteiger partial charge in [0.05, 0.1) is 0 Å². The van der Waals surface area contributed by atoms with Gasteiger partial charge in [-0.15, -0.1) is 0 Å². The molecule has 3 aromatic rings. The fraction of sp³-hybridized carbons (Fsp3) is 0.190. The van der Waals surface area contributed by atoms with E-state index in [0.29, 0.717) is 5.84 Å². The highest BCUT2D eigenvalue weighted by atomic mass is 15.0. The van der Waals surface area contributed by atoms with Crippen LogP contribution in [-0.4, -0.2) is 15.8 Å². The van der Waals surface area contributed by atoms with Crippen LogP contribution in [0.2, 0.25) is 0 Å². The third-order valence-electron chi connectivity index (χ3n) is 4.94. The molecule has 2 aromatic carbocycles. The summed E-state index contributed by atoms with van der Waals surface area (Å²) in [5, 5.41) is 0. The molecule has 1 aliphatic rings. The summed E-state index contributed by atoms with van der Waals surface area (Å²) in [6.07, 6.45) is 5.20. The molecule has 1 atom stereocenters. The van der Waals surface area contributed by atoms with Gasteiger partial charge in [-0.2, -0.15) is 0 Å². The van der Waals surface area contributed by atoms with Crippen LogP contribution in [0.1, 0.15) is 30.5 Å². The Labute approximate surface area is 147 Å². The minimum Gasteiger partial charge on any atom is -0.383 e. The molecule has 2 heterocycles. The van der Waals surface area contributed by atoms with E-state index in [2.05, 4.69) is 60.2 Å². The standard InChI is InChI=1S/C21H20N4/c1-14(2)21(19-9-4-3-8-18(19)20(22)25-21)17-7-5-6-15(10-17)16-11-23-13-24-12-16/h3-14H,1-2H3,(H2,22,25). The van der Waals surface area contributed by atoms with Crippen LogP contribution < -0.4 is 5.73 Å². The zero-order chi connectivity index (χ0) is 17.4. The van der Waals surface area contributed by atoms with Crippen molar-refractivity contribution in [2.45, 2.75) is 19.4 Å². The number of benzene rings is 2. The Morgan fingerprint density at radius 1 is 0.920 bits per heavy atom. The number of rotatable bonds is 3. The van der Waals surface area contributed by atoms with Gasteiger partial charge in [-0.25, -0.2) is 9.97 Å². The van der Waals surface area contributed by atoms with Crippen LogP contribution in [0, 0.1) is 5.92 Å². The molecule has 124 valence electrons. The molecule has 0 saturated heterocycles. The molecule has 4 rings (SSSR count). The molecule has 4 heteroatoms. The van der Waals surface area contributed by atoms with Crippen LogP contribution in [0.25, 0.3) is 11.1 Å². The number of hydrogen-bond acceptors (Lipinski definition) is 4. The molecule has 0 amide bonds. The molecule has 0 bridgehead atoms. The first-order valence-corrected chi connectivity index (χ1v) is 8.44. The normalized spacial score (nSPS) is 18.9. The molecule has 25 heavy (non-hydrogen) atoms. The maximum atomic E-state index is 6.28. The van der Waals surface area contributed by atoms with E-state index in [-0.39, 0.29) is 5.92 Å². The van der Waals surface area contributed by atoms with Gasteiger partial charge in [0.2, 0.25) is 0 Å². The molecule has 0 saturated carbocycles. The van der Waals surface area contributed by atoms with Crippen molar-refractivity contribution in [3.8, 4) is 11.1 Å². The predicted molar refractivity (Wildman–Crippen MR) is 100 cm³/mol. The van der Waals surface area contributed by atoms with E-state index in [9.17, 15) is 0 Å². The molecule has 2 N–H and O–H groups in total. The molecular formula is C21H20N4. The maximum Gasteiger partial charge on any atom is 0.127 e. The second-order valence-electron chi connectivity index (χ2n) is 6.67. The van der Waals surface area contributed by atoms with Crippen LogP contribution in [0.5, 0.6) is 0 Å². The second-order valence-corrected chi connectivity index (χ2v) is 6.67. The average Bonchev–Trinajstić information content (AvgIpc) is 2.97. The van der Waals surface area contributed by atoms with Gasteiger partial charge in [0.1, 0.15) is 17.7 Å². The number of fused-ring (bicyclic) bond motifs is 1. The quantitative estimate of drug-likeness (QED) is 0.796. The number of nitrogens with zero attached hydrogens (tertiary/aromatic N) is 3. The van der Waals surface area contributed by atoms with Crippen LogP contribution >= 0.6 is 0 Å². The minimum absolute atomic E-state index is 0.261. The summed E-state index contributed by atoms with van der Waals surface area (Å²) in [6.45, 7) is 4.38. The highest BCUT2D eigenvalue weighted by molar-refractivity contribution is 6.02.